The Morgan fingerprint density at radius 2 is 2.00 bits per heavy atom. The second-order valence-corrected chi connectivity index (χ2v) is 6.92. The van der Waals surface area contributed by atoms with E-state index in [1.807, 2.05) is 19.1 Å². The first-order valence-electron chi connectivity index (χ1n) is 7.00. The highest BCUT2D eigenvalue weighted by Crippen LogP contribution is 2.29. The Morgan fingerprint density at radius 1 is 1.17 bits per heavy atom. The Hall–Kier alpha value is -2.02. The van der Waals surface area contributed by atoms with E-state index in [0.717, 1.165) is 16.1 Å². The number of nitrogens with zero attached hydrogens (tertiary/aromatic N) is 3. The third-order valence-electron chi connectivity index (χ3n) is 3.18. The van der Waals surface area contributed by atoms with Crippen molar-refractivity contribution in [3.63, 3.8) is 0 Å². The van der Waals surface area contributed by atoms with Gasteiger partial charge in [0.1, 0.15) is 5.69 Å². The SMILES string of the molecule is Cc1cnc(C(=O)Nc2ncc(Cc3cccc(Cl)c3Cl)s2)cn1. The molecule has 0 fully saturated rings. The summed E-state index contributed by atoms with van der Waals surface area (Å²) < 4.78 is 0. The molecule has 0 unspecified atom stereocenters. The van der Waals surface area contributed by atoms with Crippen LogP contribution in [0.1, 0.15) is 26.6 Å². The lowest BCUT2D eigenvalue weighted by molar-refractivity contribution is 0.102. The lowest BCUT2D eigenvalue weighted by atomic mass is 10.1. The minimum Gasteiger partial charge on any atom is -0.296 e. The molecule has 2 heterocycles. The highest BCUT2D eigenvalue weighted by atomic mass is 35.5. The van der Waals surface area contributed by atoms with Crippen LogP contribution in [0.25, 0.3) is 0 Å². The summed E-state index contributed by atoms with van der Waals surface area (Å²) in [5.74, 6) is -0.343. The maximum absolute atomic E-state index is 12.1. The van der Waals surface area contributed by atoms with E-state index in [4.69, 9.17) is 23.2 Å². The number of nitrogens with one attached hydrogen (secondary N) is 1. The zero-order valence-electron chi connectivity index (χ0n) is 12.6. The first-order valence-corrected chi connectivity index (χ1v) is 8.58. The zero-order valence-corrected chi connectivity index (χ0v) is 14.9. The van der Waals surface area contributed by atoms with Gasteiger partial charge < -0.3 is 0 Å². The van der Waals surface area contributed by atoms with Crippen molar-refractivity contribution >= 4 is 45.6 Å². The van der Waals surface area contributed by atoms with E-state index in [1.54, 1.807) is 18.5 Å². The Labute approximate surface area is 152 Å². The van der Waals surface area contributed by atoms with E-state index in [9.17, 15) is 4.79 Å². The number of aromatic nitrogens is 3. The topological polar surface area (TPSA) is 67.8 Å². The molecule has 0 bridgehead atoms. The van der Waals surface area contributed by atoms with Crippen molar-refractivity contribution in [2.24, 2.45) is 0 Å². The van der Waals surface area contributed by atoms with Crippen molar-refractivity contribution in [2.75, 3.05) is 5.32 Å². The molecule has 3 aromatic rings. The van der Waals surface area contributed by atoms with Crippen molar-refractivity contribution in [3.05, 3.63) is 68.7 Å². The third-order valence-corrected chi connectivity index (χ3v) is 4.95. The van der Waals surface area contributed by atoms with E-state index in [-0.39, 0.29) is 11.6 Å². The van der Waals surface area contributed by atoms with Crippen molar-refractivity contribution in [1.29, 1.82) is 0 Å². The van der Waals surface area contributed by atoms with Gasteiger partial charge in [0.05, 0.1) is 21.9 Å². The second-order valence-electron chi connectivity index (χ2n) is 5.02. The maximum Gasteiger partial charge on any atom is 0.277 e. The quantitative estimate of drug-likeness (QED) is 0.730. The molecule has 2 aromatic heterocycles. The lowest BCUT2D eigenvalue weighted by Crippen LogP contribution is -2.13. The molecule has 1 aromatic carbocycles. The van der Waals surface area contributed by atoms with Gasteiger partial charge in [-0.15, -0.1) is 11.3 Å². The number of aryl methyl sites for hydroxylation is 1. The fraction of sp³-hybridized carbons (Fsp3) is 0.125. The Kier molecular flexibility index (Phi) is 5.08. The molecule has 8 heteroatoms. The number of rotatable bonds is 4. The monoisotopic (exact) mass is 378 g/mol. The van der Waals surface area contributed by atoms with Gasteiger partial charge in [0.2, 0.25) is 0 Å². The summed E-state index contributed by atoms with van der Waals surface area (Å²) in [6.45, 7) is 1.81. The standard InChI is InChI=1S/C16H12Cl2N4OS/c1-9-6-20-13(8-19-9)15(23)22-16-21-7-11(24-16)5-10-3-2-4-12(17)14(10)18/h2-4,6-8H,5H2,1H3,(H,21,22,23). The predicted molar refractivity (Wildman–Crippen MR) is 96.1 cm³/mol. The van der Waals surface area contributed by atoms with E-state index < -0.39 is 0 Å². The maximum atomic E-state index is 12.1. The molecular weight excluding hydrogens is 367 g/mol. The molecule has 0 aliphatic carbocycles. The predicted octanol–water partition coefficient (Wildman–Crippen LogP) is 4.39. The normalized spacial score (nSPS) is 10.6. The fourth-order valence-electron chi connectivity index (χ4n) is 1.99. The number of hydrogen-bond donors (Lipinski definition) is 1. The number of halogens is 2. The van der Waals surface area contributed by atoms with Gasteiger partial charge in [-0.3, -0.25) is 15.1 Å². The van der Waals surface area contributed by atoms with E-state index in [2.05, 4.69) is 20.3 Å². The smallest absolute Gasteiger partial charge is 0.277 e. The highest BCUT2D eigenvalue weighted by Gasteiger charge is 2.12. The molecule has 1 amide bonds. The molecule has 5 nitrogen and oxygen atoms in total. The first-order chi connectivity index (χ1) is 11.5. The molecule has 0 saturated heterocycles. The molecule has 122 valence electrons. The second kappa shape index (κ2) is 7.25. The molecule has 0 saturated carbocycles. The highest BCUT2D eigenvalue weighted by molar-refractivity contribution is 7.15. The summed E-state index contributed by atoms with van der Waals surface area (Å²) in [6.07, 6.45) is 5.28. The lowest BCUT2D eigenvalue weighted by Gasteiger charge is -2.03. The number of carbonyl (C=O) groups is 1. The Morgan fingerprint density at radius 3 is 2.75 bits per heavy atom. The van der Waals surface area contributed by atoms with Crippen LogP contribution in [0.5, 0.6) is 0 Å². The number of hydrogen-bond acceptors (Lipinski definition) is 5. The van der Waals surface area contributed by atoms with Gasteiger partial charge in [0, 0.05) is 23.7 Å². The van der Waals surface area contributed by atoms with E-state index >= 15 is 0 Å². The molecule has 0 aliphatic heterocycles. The largest absolute Gasteiger partial charge is 0.296 e. The number of carbonyl (C=O) groups excluding carboxylic acids is 1. The summed E-state index contributed by atoms with van der Waals surface area (Å²) in [7, 11) is 0. The molecule has 1 N–H and O–H groups in total. The summed E-state index contributed by atoms with van der Waals surface area (Å²) in [6, 6.07) is 5.51. The minimum atomic E-state index is -0.343. The van der Waals surface area contributed by atoms with E-state index in [1.165, 1.54) is 17.5 Å². The number of thiazole rings is 1. The van der Waals surface area contributed by atoms with Crippen molar-refractivity contribution < 1.29 is 4.79 Å². The van der Waals surface area contributed by atoms with Crippen molar-refractivity contribution in [3.8, 4) is 0 Å². The fourth-order valence-corrected chi connectivity index (χ4v) is 3.21. The first kappa shape index (κ1) is 16.8. The molecule has 0 atom stereocenters. The van der Waals surface area contributed by atoms with Crippen LogP contribution >= 0.6 is 34.5 Å². The van der Waals surface area contributed by atoms with Gasteiger partial charge in [-0.05, 0) is 18.6 Å². The Bertz CT molecular complexity index is 880. The average molecular weight is 379 g/mol. The summed E-state index contributed by atoms with van der Waals surface area (Å²) in [5, 5.41) is 4.27. The van der Waals surface area contributed by atoms with Crippen LogP contribution in [0.3, 0.4) is 0 Å². The van der Waals surface area contributed by atoms with Gasteiger partial charge in [-0.2, -0.15) is 0 Å². The number of anilines is 1. The molecule has 0 radical (unpaired) electrons. The van der Waals surface area contributed by atoms with Crippen molar-refractivity contribution in [1.82, 2.24) is 15.0 Å². The summed E-state index contributed by atoms with van der Waals surface area (Å²) >= 11 is 13.6. The molecule has 3 rings (SSSR count). The van der Waals surface area contributed by atoms with Gasteiger partial charge in [0.25, 0.3) is 5.91 Å². The molecule has 24 heavy (non-hydrogen) atoms. The van der Waals surface area contributed by atoms with Crippen LogP contribution in [0, 0.1) is 6.92 Å². The van der Waals surface area contributed by atoms with Crippen LogP contribution in [-0.4, -0.2) is 20.9 Å². The van der Waals surface area contributed by atoms with Crippen molar-refractivity contribution in [2.45, 2.75) is 13.3 Å². The zero-order chi connectivity index (χ0) is 17.1. The average Bonchev–Trinajstić information content (AvgIpc) is 2.99. The summed E-state index contributed by atoms with van der Waals surface area (Å²) in [5.41, 5.74) is 1.91. The Balaban J connectivity index is 1.70. The van der Waals surface area contributed by atoms with Gasteiger partial charge in [0.15, 0.2) is 5.13 Å². The van der Waals surface area contributed by atoms with Gasteiger partial charge in [-0.25, -0.2) is 9.97 Å². The van der Waals surface area contributed by atoms with Crippen LogP contribution in [0.4, 0.5) is 5.13 Å². The number of benzene rings is 1. The summed E-state index contributed by atoms with van der Waals surface area (Å²) in [4.78, 5) is 25.4. The van der Waals surface area contributed by atoms with Crippen LogP contribution < -0.4 is 5.32 Å². The number of amides is 1. The minimum absolute atomic E-state index is 0.246. The van der Waals surface area contributed by atoms with Crippen LogP contribution in [-0.2, 0) is 6.42 Å². The van der Waals surface area contributed by atoms with Gasteiger partial charge in [-0.1, -0.05) is 35.3 Å². The molecule has 0 aliphatic rings. The van der Waals surface area contributed by atoms with Crippen LogP contribution in [0.15, 0.2) is 36.8 Å². The van der Waals surface area contributed by atoms with Gasteiger partial charge >= 0.3 is 0 Å². The van der Waals surface area contributed by atoms with E-state index in [0.29, 0.717) is 21.6 Å². The van der Waals surface area contributed by atoms with Crippen LogP contribution in [0.2, 0.25) is 10.0 Å². The third kappa shape index (κ3) is 3.90. The molecular formula is C16H12Cl2N4OS. The molecule has 0 spiro atoms.